The monoisotopic (exact) mass is 271 g/mol. The lowest BCUT2D eigenvalue weighted by molar-refractivity contribution is 0.542. The predicted octanol–water partition coefficient (Wildman–Crippen LogP) is 2.14. The molecule has 1 atom stereocenters. The van der Waals surface area contributed by atoms with Crippen molar-refractivity contribution in [3.63, 3.8) is 0 Å². The standard InChI is InChI=1S/C11H18BrN3/c1-9(6-13-2)8-15(3)11-4-5-14-7-10(11)12/h4-5,7,9,13H,6,8H2,1-3H3. The summed E-state index contributed by atoms with van der Waals surface area (Å²) in [5, 5.41) is 3.19. The number of rotatable bonds is 5. The van der Waals surface area contributed by atoms with Crippen LogP contribution in [0.5, 0.6) is 0 Å². The topological polar surface area (TPSA) is 28.2 Å². The zero-order valence-corrected chi connectivity index (χ0v) is 11.1. The molecule has 1 N–H and O–H groups in total. The minimum atomic E-state index is 0.625. The molecule has 0 radical (unpaired) electrons. The average Bonchev–Trinajstić information content (AvgIpc) is 2.18. The molecule has 0 bridgehead atoms. The number of pyridine rings is 1. The first kappa shape index (κ1) is 12.5. The van der Waals surface area contributed by atoms with Gasteiger partial charge in [0.2, 0.25) is 0 Å². The van der Waals surface area contributed by atoms with E-state index in [0.29, 0.717) is 5.92 Å². The van der Waals surface area contributed by atoms with Gasteiger partial charge in [-0.05, 0) is 41.5 Å². The smallest absolute Gasteiger partial charge is 0.0592 e. The maximum atomic E-state index is 4.06. The molecule has 15 heavy (non-hydrogen) atoms. The number of hydrogen-bond acceptors (Lipinski definition) is 3. The molecule has 84 valence electrons. The van der Waals surface area contributed by atoms with E-state index in [-0.39, 0.29) is 0 Å². The second kappa shape index (κ2) is 6.08. The van der Waals surface area contributed by atoms with Crippen molar-refractivity contribution in [1.82, 2.24) is 10.3 Å². The van der Waals surface area contributed by atoms with Gasteiger partial charge in [0.25, 0.3) is 0 Å². The summed E-state index contributed by atoms with van der Waals surface area (Å²) in [6.45, 7) is 4.30. The minimum Gasteiger partial charge on any atom is -0.373 e. The summed E-state index contributed by atoms with van der Waals surface area (Å²) in [6.07, 6.45) is 3.65. The summed E-state index contributed by atoms with van der Waals surface area (Å²) in [5.74, 6) is 0.625. The van der Waals surface area contributed by atoms with Gasteiger partial charge in [-0.25, -0.2) is 0 Å². The van der Waals surface area contributed by atoms with Crippen molar-refractivity contribution in [1.29, 1.82) is 0 Å². The summed E-state index contributed by atoms with van der Waals surface area (Å²) >= 11 is 3.51. The Bertz CT molecular complexity index is 304. The fourth-order valence-electron chi connectivity index (χ4n) is 1.66. The van der Waals surface area contributed by atoms with Crippen LogP contribution in [0.4, 0.5) is 5.69 Å². The molecule has 1 heterocycles. The largest absolute Gasteiger partial charge is 0.373 e. The average molecular weight is 272 g/mol. The fourth-order valence-corrected chi connectivity index (χ4v) is 2.21. The first-order chi connectivity index (χ1) is 7.15. The third-order valence-electron chi connectivity index (χ3n) is 2.30. The van der Waals surface area contributed by atoms with Gasteiger partial charge in [-0.3, -0.25) is 4.98 Å². The highest BCUT2D eigenvalue weighted by Gasteiger charge is 2.08. The summed E-state index contributed by atoms with van der Waals surface area (Å²) in [4.78, 5) is 6.30. The van der Waals surface area contributed by atoms with Crippen molar-refractivity contribution in [3.05, 3.63) is 22.9 Å². The van der Waals surface area contributed by atoms with E-state index in [0.717, 1.165) is 17.6 Å². The lowest BCUT2D eigenvalue weighted by Gasteiger charge is -2.24. The van der Waals surface area contributed by atoms with E-state index in [1.807, 2.05) is 25.5 Å². The van der Waals surface area contributed by atoms with Crippen LogP contribution >= 0.6 is 15.9 Å². The molecule has 1 aromatic heterocycles. The Morgan fingerprint density at radius 3 is 2.93 bits per heavy atom. The first-order valence-electron chi connectivity index (χ1n) is 5.10. The molecular weight excluding hydrogens is 254 g/mol. The highest BCUT2D eigenvalue weighted by Crippen LogP contribution is 2.23. The first-order valence-corrected chi connectivity index (χ1v) is 5.89. The van der Waals surface area contributed by atoms with E-state index < -0.39 is 0 Å². The number of hydrogen-bond donors (Lipinski definition) is 1. The Balaban J connectivity index is 2.61. The second-order valence-corrected chi connectivity index (χ2v) is 4.72. The molecule has 0 aliphatic carbocycles. The highest BCUT2D eigenvalue weighted by atomic mass is 79.9. The Hall–Kier alpha value is -0.610. The van der Waals surface area contributed by atoms with Crippen LogP contribution in [0.15, 0.2) is 22.9 Å². The van der Waals surface area contributed by atoms with E-state index in [9.17, 15) is 0 Å². The Morgan fingerprint density at radius 2 is 2.33 bits per heavy atom. The molecule has 0 amide bonds. The number of nitrogens with one attached hydrogen (secondary N) is 1. The molecule has 1 aromatic rings. The Morgan fingerprint density at radius 1 is 1.60 bits per heavy atom. The summed E-state index contributed by atoms with van der Waals surface area (Å²) < 4.78 is 1.05. The molecule has 3 nitrogen and oxygen atoms in total. The molecule has 0 aliphatic heterocycles. The molecule has 0 saturated carbocycles. The van der Waals surface area contributed by atoms with Crippen LogP contribution in [0, 0.1) is 5.92 Å². The molecular formula is C11H18BrN3. The van der Waals surface area contributed by atoms with Crippen LogP contribution in [-0.2, 0) is 0 Å². The maximum Gasteiger partial charge on any atom is 0.0592 e. The zero-order valence-electron chi connectivity index (χ0n) is 9.50. The van der Waals surface area contributed by atoms with Gasteiger partial charge in [-0.2, -0.15) is 0 Å². The lowest BCUT2D eigenvalue weighted by Crippen LogP contribution is -2.29. The molecule has 0 fully saturated rings. The van der Waals surface area contributed by atoms with E-state index in [2.05, 4.69) is 45.1 Å². The van der Waals surface area contributed by atoms with Crippen molar-refractivity contribution >= 4 is 21.6 Å². The normalized spacial score (nSPS) is 12.5. The van der Waals surface area contributed by atoms with Gasteiger partial charge in [0, 0.05) is 26.0 Å². The molecule has 1 unspecified atom stereocenters. The summed E-state index contributed by atoms with van der Waals surface area (Å²) in [6, 6.07) is 2.02. The van der Waals surface area contributed by atoms with E-state index in [4.69, 9.17) is 0 Å². The number of anilines is 1. The number of aromatic nitrogens is 1. The van der Waals surface area contributed by atoms with Gasteiger partial charge in [0.1, 0.15) is 0 Å². The highest BCUT2D eigenvalue weighted by molar-refractivity contribution is 9.10. The van der Waals surface area contributed by atoms with Crippen LogP contribution < -0.4 is 10.2 Å². The quantitative estimate of drug-likeness (QED) is 0.890. The van der Waals surface area contributed by atoms with Gasteiger partial charge in [0.15, 0.2) is 0 Å². The number of nitrogens with zero attached hydrogens (tertiary/aromatic N) is 2. The van der Waals surface area contributed by atoms with Gasteiger partial charge in [-0.1, -0.05) is 6.92 Å². The third kappa shape index (κ3) is 3.80. The second-order valence-electron chi connectivity index (χ2n) is 3.87. The minimum absolute atomic E-state index is 0.625. The van der Waals surface area contributed by atoms with Crippen molar-refractivity contribution < 1.29 is 0 Å². The fraction of sp³-hybridized carbons (Fsp3) is 0.545. The van der Waals surface area contributed by atoms with E-state index in [1.54, 1.807) is 0 Å². The maximum absolute atomic E-state index is 4.06. The van der Waals surface area contributed by atoms with Crippen LogP contribution in [0.1, 0.15) is 6.92 Å². The third-order valence-corrected chi connectivity index (χ3v) is 2.91. The Labute approximate surface area is 100 Å². The molecule has 4 heteroatoms. The Kier molecular flexibility index (Phi) is 5.05. The van der Waals surface area contributed by atoms with Crippen molar-refractivity contribution in [3.8, 4) is 0 Å². The van der Waals surface area contributed by atoms with E-state index in [1.165, 1.54) is 5.69 Å². The molecule has 0 aliphatic rings. The van der Waals surface area contributed by atoms with E-state index >= 15 is 0 Å². The SMILES string of the molecule is CNCC(C)CN(C)c1ccncc1Br. The number of halogens is 1. The van der Waals surface area contributed by atoms with Gasteiger partial charge in [0.05, 0.1) is 10.2 Å². The summed E-state index contributed by atoms with van der Waals surface area (Å²) in [7, 11) is 4.09. The van der Waals surface area contributed by atoms with Gasteiger partial charge >= 0.3 is 0 Å². The predicted molar refractivity (Wildman–Crippen MR) is 68.3 cm³/mol. The van der Waals surface area contributed by atoms with Crippen molar-refractivity contribution in [2.75, 3.05) is 32.1 Å². The van der Waals surface area contributed by atoms with Gasteiger partial charge in [-0.15, -0.1) is 0 Å². The summed E-state index contributed by atoms with van der Waals surface area (Å²) in [5.41, 5.74) is 1.19. The van der Waals surface area contributed by atoms with Crippen molar-refractivity contribution in [2.45, 2.75) is 6.92 Å². The molecule has 1 rings (SSSR count). The van der Waals surface area contributed by atoms with Gasteiger partial charge < -0.3 is 10.2 Å². The van der Waals surface area contributed by atoms with Crippen LogP contribution in [-0.4, -0.2) is 32.2 Å². The lowest BCUT2D eigenvalue weighted by atomic mass is 10.1. The molecule has 0 spiro atoms. The zero-order chi connectivity index (χ0) is 11.3. The van der Waals surface area contributed by atoms with Crippen LogP contribution in [0.25, 0.3) is 0 Å². The molecule has 0 aromatic carbocycles. The van der Waals surface area contributed by atoms with Crippen molar-refractivity contribution in [2.24, 2.45) is 5.92 Å². The molecule has 0 saturated heterocycles. The van der Waals surface area contributed by atoms with Crippen LogP contribution in [0.3, 0.4) is 0 Å². The van der Waals surface area contributed by atoms with Crippen LogP contribution in [0.2, 0.25) is 0 Å².